The Hall–Kier alpha value is -0.250. The molecule has 0 aromatic rings. The van der Waals surface area contributed by atoms with Crippen molar-refractivity contribution in [1.29, 1.82) is 0 Å². The van der Waals surface area contributed by atoms with Gasteiger partial charge >= 0.3 is 0 Å². The summed E-state index contributed by atoms with van der Waals surface area (Å²) in [7, 11) is -3.84. The zero-order chi connectivity index (χ0) is 11.3. The Bertz CT molecular complexity index is 275. The smallest absolute Gasteiger partial charge is 0.266 e. The molecule has 0 aromatic carbocycles. The highest BCUT2D eigenvalue weighted by Gasteiger charge is 2.17. The first kappa shape index (κ1) is 15.8. The van der Waals surface area contributed by atoms with Crippen LogP contribution in [0.15, 0.2) is 0 Å². The molecule has 0 saturated carbocycles. The number of piperazine rings is 1. The lowest BCUT2D eigenvalue weighted by molar-refractivity contribution is 0.116. The van der Waals surface area contributed by atoms with Gasteiger partial charge < -0.3 is 11.3 Å². The van der Waals surface area contributed by atoms with Gasteiger partial charge in [0.05, 0.1) is 12.4 Å². The molecular formula is C8H21N3O4S. The van der Waals surface area contributed by atoms with Gasteiger partial charge in [-0.2, -0.15) is 8.42 Å². The molecule has 5 N–H and O–H groups in total. The van der Waals surface area contributed by atoms with E-state index in [0.29, 0.717) is 13.1 Å². The van der Waals surface area contributed by atoms with Gasteiger partial charge in [-0.1, -0.05) is 0 Å². The fourth-order valence-corrected chi connectivity index (χ4v) is 2.11. The summed E-state index contributed by atoms with van der Waals surface area (Å²) in [6.45, 7) is 4.46. The summed E-state index contributed by atoms with van der Waals surface area (Å²) >= 11 is 0. The van der Waals surface area contributed by atoms with Gasteiger partial charge in [0.25, 0.3) is 10.1 Å². The molecular weight excluding hydrogens is 234 g/mol. The van der Waals surface area contributed by atoms with E-state index in [9.17, 15) is 8.42 Å². The van der Waals surface area contributed by atoms with E-state index in [1.54, 1.807) is 0 Å². The van der Waals surface area contributed by atoms with Gasteiger partial charge in [0.2, 0.25) is 0 Å². The number of aliphatic hydroxyl groups is 1. The zero-order valence-electron chi connectivity index (χ0n) is 9.38. The molecule has 7 nitrogen and oxygen atoms in total. The van der Waals surface area contributed by atoms with Crippen LogP contribution in [0.5, 0.6) is 0 Å². The van der Waals surface area contributed by atoms with Crippen molar-refractivity contribution in [3.8, 4) is 0 Å². The van der Waals surface area contributed by atoms with E-state index in [1.165, 1.54) is 0 Å². The quantitative estimate of drug-likeness (QED) is 0.520. The molecule has 0 bridgehead atoms. The molecule has 0 atom stereocenters. The maximum absolute atomic E-state index is 10.5. The molecule has 1 heterocycles. The predicted molar refractivity (Wildman–Crippen MR) is 61.4 cm³/mol. The fourth-order valence-electron chi connectivity index (χ4n) is 1.62. The minimum atomic E-state index is -3.84. The van der Waals surface area contributed by atoms with Crippen molar-refractivity contribution in [2.45, 2.75) is 0 Å². The molecule has 98 valence electrons. The highest BCUT2D eigenvalue weighted by Crippen LogP contribution is 2.01. The fraction of sp³-hybridized carbons (Fsp3) is 1.00. The van der Waals surface area contributed by atoms with E-state index >= 15 is 0 Å². The second-order valence-corrected chi connectivity index (χ2v) is 5.27. The molecule has 1 rings (SSSR count). The third kappa shape index (κ3) is 6.36. The summed E-state index contributed by atoms with van der Waals surface area (Å²) in [6, 6.07) is 0. The van der Waals surface area contributed by atoms with E-state index in [0.717, 1.165) is 26.2 Å². The first-order valence-corrected chi connectivity index (χ1v) is 6.63. The van der Waals surface area contributed by atoms with Gasteiger partial charge in [0.1, 0.15) is 0 Å². The summed E-state index contributed by atoms with van der Waals surface area (Å²) in [4.78, 5) is 4.13. The largest absolute Gasteiger partial charge is 0.395 e. The third-order valence-corrected chi connectivity index (χ3v) is 3.25. The Morgan fingerprint density at radius 1 is 1.00 bits per heavy atom. The molecule has 1 aliphatic heterocycles. The monoisotopic (exact) mass is 255 g/mol. The van der Waals surface area contributed by atoms with Gasteiger partial charge in [-0.25, -0.2) is 0 Å². The number of β-amino-alcohol motifs (C(OH)–C–C–N with tert-alkyl or cyclic N) is 1. The third-order valence-electron chi connectivity index (χ3n) is 2.55. The number of hydrogen-bond acceptors (Lipinski definition) is 6. The van der Waals surface area contributed by atoms with Gasteiger partial charge in [-0.3, -0.25) is 14.4 Å². The van der Waals surface area contributed by atoms with Gasteiger partial charge in [0.15, 0.2) is 0 Å². The maximum Gasteiger partial charge on any atom is 0.266 e. The molecule has 1 aliphatic rings. The average molecular weight is 255 g/mol. The lowest BCUT2D eigenvalue weighted by atomic mass is 10.3. The minimum Gasteiger partial charge on any atom is -0.395 e. The second-order valence-electron chi connectivity index (χ2n) is 3.69. The Morgan fingerprint density at radius 2 is 1.44 bits per heavy atom. The summed E-state index contributed by atoms with van der Waals surface area (Å²) in [5.41, 5.74) is 0. The van der Waals surface area contributed by atoms with Crippen LogP contribution in [0.3, 0.4) is 0 Å². The Balaban J connectivity index is 0.00000225. The Kier molecular flexibility index (Phi) is 7.04. The van der Waals surface area contributed by atoms with Crippen molar-refractivity contribution in [2.75, 3.05) is 51.6 Å². The Morgan fingerprint density at radius 3 is 1.81 bits per heavy atom. The standard InChI is InChI=1S/C8H18N2O4S.H3N/c11-7-5-9-1-3-10(4-2-9)6-8-15(12,13)14;/h11H,1-8H2,(H,12,13,14);1H3. The molecule has 0 radical (unpaired) electrons. The molecule has 0 aliphatic carbocycles. The van der Waals surface area contributed by atoms with Crippen molar-refractivity contribution in [3.63, 3.8) is 0 Å². The molecule has 1 fully saturated rings. The topological polar surface area (TPSA) is 116 Å². The Labute approximate surface area is 96.4 Å². The summed E-state index contributed by atoms with van der Waals surface area (Å²) < 4.78 is 29.6. The van der Waals surface area contributed by atoms with Crippen LogP contribution in [-0.2, 0) is 10.1 Å². The van der Waals surface area contributed by atoms with Crippen molar-refractivity contribution in [3.05, 3.63) is 0 Å². The lowest BCUT2D eigenvalue weighted by Gasteiger charge is -2.33. The zero-order valence-corrected chi connectivity index (χ0v) is 10.2. The number of nitrogens with zero attached hydrogens (tertiary/aromatic N) is 2. The van der Waals surface area contributed by atoms with E-state index in [4.69, 9.17) is 9.66 Å². The predicted octanol–water partition coefficient (Wildman–Crippen LogP) is -1.35. The molecule has 1 saturated heterocycles. The molecule has 0 spiro atoms. The van der Waals surface area contributed by atoms with Gasteiger partial charge in [-0.15, -0.1) is 0 Å². The van der Waals surface area contributed by atoms with E-state index < -0.39 is 10.1 Å². The van der Waals surface area contributed by atoms with Crippen LogP contribution >= 0.6 is 0 Å². The average Bonchev–Trinajstić information content (AvgIpc) is 2.16. The summed E-state index contributed by atoms with van der Waals surface area (Å²) in [6.07, 6.45) is 0. The molecule has 0 amide bonds. The number of aliphatic hydroxyl groups excluding tert-OH is 1. The first-order valence-electron chi connectivity index (χ1n) is 5.02. The molecule has 16 heavy (non-hydrogen) atoms. The van der Waals surface area contributed by atoms with Crippen molar-refractivity contribution < 1.29 is 18.1 Å². The molecule has 0 unspecified atom stereocenters. The van der Waals surface area contributed by atoms with E-state index in [-0.39, 0.29) is 18.5 Å². The first-order chi connectivity index (χ1) is 7.01. The second kappa shape index (κ2) is 7.15. The van der Waals surface area contributed by atoms with Crippen LogP contribution in [-0.4, -0.2) is 79.5 Å². The highest BCUT2D eigenvalue weighted by atomic mass is 32.2. The maximum atomic E-state index is 10.5. The van der Waals surface area contributed by atoms with Crippen LogP contribution in [0.25, 0.3) is 0 Å². The minimum absolute atomic E-state index is 0. The van der Waals surface area contributed by atoms with Crippen molar-refractivity contribution in [1.82, 2.24) is 16.0 Å². The lowest BCUT2D eigenvalue weighted by Crippen LogP contribution is -2.48. The van der Waals surface area contributed by atoms with Crippen molar-refractivity contribution in [2.24, 2.45) is 0 Å². The SMILES string of the molecule is N.O=S(=O)(O)CCN1CCN(CCO)CC1. The molecule has 0 aromatic heterocycles. The van der Waals surface area contributed by atoms with Gasteiger partial charge in [-0.05, 0) is 0 Å². The van der Waals surface area contributed by atoms with Gasteiger partial charge in [0, 0.05) is 39.3 Å². The molecule has 8 heteroatoms. The highest BCUT2D eigenvalue weighted by molar-refractivity contribution is 7.85. The van der Waals surface area contributed by atoms with Crippen molar-refractivity contribution >= 4 is 10.1 Å². The van der Waals surface area contributed by atoms with Crippen LogP contribution in [0.4, 0.5) is 0 Å². The van der Waals surface area contributed by atoms with E-state index in [2.05, 4.69) is 4.90 Å². The number of rotatable bonds is 5. The van der Waals surface area contributed by atoms with E-state index in [1.807, 2.05) is 4.90 Å². The summed E-state index contributed by atoms with van der Waals surface area (Å²) in [5.74, 6) is -0.201. The van der Waals surface area contributed by atoms with Crippen LogP contribution in [0.1, 0.15) is 0 Å². The van der Waals surface area contributed by atoms with Crippen LogP contribution < -0.4 is 6.15 Å². The number of hydrogen-bond donors (Lipinski definition) is 3. The van der Waals surface area contributed by atoms with Crippen LogP contribution in [0.2, 0.25) is 0 Å². The normalized spacial score (nSPS) is 19.4. The summed E-state index contributed by atoms with van der Waals surface area (Å²) in [5, 5.41) is 8.73. The van der Waals surface area contributed by atoms with Crippen LogP contribution in [0, 0.1) is 0 Å².